The van der Waals surface area contributed by atoms with Crippen molar-refractivity contribution in [2.24, 2.45) is 0 Å². The first-order chi connectivity index (χ1) is 9.59. The van der Waals surface area contributed by atoms with Gasteiger partial charge in [0.1, 0.15) is 0 Å². The summed E-state index contributed by atoms with van der Waals surface area (Å²) in [5, 5.41) is 9.12. The predicted molar refractivity (Wildman–Crippen MR) is 76.5 cm³/mol. The largest absolute Gasteiger partial charge is 0.480 e. The fourth-order valence-corrected chi connectivity index (χ4v) is 3.49. The molecule has 0 bridgehead atoms. The molecular weight excluding hydrogens is 256 g/mol. The van der Waals surface area contributed by atoms with Gasteiger partial charge in [0.2, 0.25) is 5.91 Å². The Morgan fingerprint density at radius 3 is 2.30 bits per heavy atom. The summed E-state index contributed by atoms with van der Waals surface area (Å²) in [6, 6.07) is -0.0536. The number of likely N-dealkylation sites (tertiary alicyclic amines) is 1. The van der Waals surface area contributed by atoms with Crippen LogP contribution in [0, 0.1) is 0 Å². The quantitative estimate of drug-likeness (QED) is 0.834. The molecule has 0 aromatic heterocycles. The smallest absolute Gasteiger partial charge is 0.317 e. The van der Waals surface area contributed by atoms with E-state index in [1.165, 1.54) is 6.42 Å². The summed E-state index contributed by atoms with van der Waals surface area (Å²) in [6.07, 6.45) is 7.66. The van der Waals surface area contributed by atoms with Crippen LogP contribution in [0.25, 0.3) is 0 Å². The minimum Gasteiger partial charge on any atom is -0.480 e. The summed E-state index contributed by atoms with van der Waals surface area (Å²) in [4.78, 5) is 27.5. The van der Waals surface area contributed by atoms with Gasteiger partial charge in [0.25, 0.3) is 0 Å². The predicted octanol–water partition coefficient (Wildman–Crippen LogP) is 1.72. The van der Waals surface area contributed by atoms with Gasteiger partial charge >= 0.3 is 5.97 Å². The second-order valence-electron chi connectivity index (χ2n) is 6.07. The molecule has 0 radical (unpaired) electrons. The molecule has 1 aliphatic carbocycles. The molecule has 5 nitrogen and oxygen atoms in total. The van der Waals surface area contributed by atoms with Crippen LogP contribution >= 0.6 is 0 Å². The molecule has 2 fully saturated rings. The van der Waals surface area contributed by atoms with E-state index in [4.69, 9.17) is 5.11 Å². The summed E-state index contributed by atoms with van der Waals surface area (Å²) in [6.45, 7) is 3.51. The number of hydrogen-bond acceptors (Lipinski definition) is 3. The van der Waals surface area contributed by atoms with E-state index in [-0.39, 0.29) is 24.5 Å². The maximum Gasteiger partial charge on any atom is 0.317 e. The number of aliphatic carboxylic acids is 1. The van der Waals surface area contributed by atoms with Gasteiger partial charge in [-0.3, -0.25) is 14.5 Å². The number of amides is 1. The fourth-order valence-electron chi connectivity index (χ4n) is 3.49. The zero-order valence-corrected chi connectivity index (χ0v) is 12.4. The number of carboxylic acid groups (broad SMARTS) is 1. The van der Waals surface area contributed by atoms with Crippen LogP contribution in [-0.2, 0) is 9.59 Å². The van der Waals surface area contributed by atoms with Crippen LogP contribution in [-0.4, -0.2) is 58.5 Å². The summed E-state index contributed by atoms with van der Waals surface area (Å²) >= 11 is 0. The van der Waals surface area contributed by atoms with Gasteiger partial charge in [-0.1, -0.05) is 12.8 Å². The molecule has 20 heavy (non-hydrogen) atoms. The van der Waals surface area contributed by atoms with E-state index in [1.54, 1.807) is 0 Å². The molecule has 2 aliphatic rings. The van der Waals surface area contributed by atoms with Crippen LogP contribution in [0.1, 0.15) is 51.9 Å². The Kier molecular flexibility index (Phi) is 5.40. The van der Waals surface area contributed by atoms with E-state index in [0.29, 0.717) is 0 Å². The van der Waals surface area contributed by atoms with Crippen molar-refractivity contribution in [2.45, 2.75) is 64.0 Å². The molecule has 1 amide bonds. The topological polar surface area (TPSA) is 60.9 Å². The van der Waals surface area contributed by atoms with Gasteiger partial charge in [0.05, 0.1) is 12.6 Å². The first kappa shape index (κ1) is 15.3. The zero-order valence-electron chi connectivity index (χ0n) is 12.4. The van der Waals surface area contributed by atoms with E-state index in [2.05, 4.69) is 0 Å². The van der Waals surface area contributed by atoms with Crippen molar-refractivity contribution >= 4 is 11.9 Å². The Morgan fingerprint density at radius 2 is 1.75 bits per heavy atom. The Bertz CT molecular complexity index is 347. The van der Waals surface area contributed by atoms with Crippen LogP contribution in [0.2, 0.25) is 0 Å². The molecule has 0 aromatic carbocycles. The highest BCUT2D eigenvalue weighted by molar-refractivity contribution is 5.82. The van der Waals surface area contributed by atoms with Crippen molar-refractivity contribution in [2.75, 3.05) is 19.6 Å². The van der Waals surface area contributed by atoms with Crippen molar-refractivity contribution < 1.29 is 14.7 Å². The van der Waals surface area contributed by atoms with Gasteiger partial charge in [-0.2, -0.15) is 0 Å². The van der Waals surface area contributed by atoms with Crippen molar-refractivity contribution in [1.29, 1.82) is 0 Å². The third-order valence-corrected chi connectivity index (χ3v) is 4.63. The number of carbonyl (C=O) groups excluding carboxylic acids is 1. The maximum atomic E-state index is 12.6. The van der Waals surface area contributed by atoms with E-state index in [1.807, 2.05) is 16.7 Å². The van der Waals surface area contributed by atoms with Gasteiger partial charge in [-0.15, -0.1) is 0 Å². The van der Waals surface area contributed by atoms with Crippen molar-refractivity contribution in [3.05, 3.63) is 0 Å². The zero-order chi connectivity index (χ0) is 14.5. The van der Waals surface area contributed by atoms with Crippen LogP contribution in [0.3, 0.4) is 0 Å². The van der Waals surface area contributed by atoms with Crippen LogP contribution in [0.4, 0.5) is 0 Å². The Morgan fingerprint density at radius 1 is 1.15 bits per heavy atom. The molecule has 5 heteroatoms. The first-order valence-corrected chi connectivity index (χ1v) is 7.86. The molecule has 1 aliphatic heterocycles. The lowest BCUT2D eigenvalue weighted by atomic mass is 10.1. The lowest BCUT2D eigenvalue weighted by Crippen LogP contribution is -2.52. The van der Waals surface area contributed by atoms with Gasteiger partial charge in [0, 0.05) is 19.1 Å². The lowest BCUT2D eigenvalue weighted by Gasteiger charge is -2.36. The molecule has 0 spiro atoms. The lowest BCUT2D eigenvalue weighted by molar-refractivity contribution is -0.144. The molecule has 1 N–H and O–H groups in total. The first-order valence-electron chi connectivity index (χ1n) is 7.86. The second-order valence-corrected chi connectivity index (χ2v) is 6.07. The summed E-state index contributed by atoms with van der Waals surface area (Å²) in [5.74, 6) is -0.729. The van der Waals surface area contributed by atoms with E-state index < -0.39 is 5.97 Å². The average Bonchev–Trinajstić information content (AvgIpc) is 2.98. The normalized spacial score (nSPS) is 22.2. The average molecular weight is 282 g/mol. The molecule has 1 atom stereocenters. The highest BCUT2D eigenvalue weighted by Crippen LogP contribution is 2.26. The van der Waals surface area contributed by atoms with Crippen LogP contribution in [0.5, 0.6) is 0 Å². The standard InChI is InChI=1S/C15H26N2O3/c1-12(15(20)16-9-5-2-6-10-16)17(11-14(18)19)13-7-3-4-8-13/h12-13H,2-11H2,1H3,(H,18,19). The monoisotopic (exact) mass is 282 g/mol. The third kappa shape index (κ3) is 3.72. The molecule has 114 valence electrons. The van der Waals surface area contributed by atoms with E-state index in [9.17, 15) is 9.59 Å². The van der Waals surface area contributed by atoms with Gasteiger partial charge in [0.15, 0.2) is 0 Å². The molecule has 1 unspecified atom stereocenters. The minimum atomic E-state index is -0.838. The van der Waals surface area contributed by atoms with E-state index >= 15 is 0 Å². The molecular formula is C15H26N2O3. The van der Waals surface area contributed by atoms with Crippen molar-refractivity contribution in [1.82, 2.24) is 9.80 Å². The SMILES string of the molecule is CC(C(=O)N1CCCCC1)N(CC(=O)O)C1CCCC1. The summed E-state index contributed by atoms with van der Waals surface area (Å²) < 4.78 is 0. The minimum absolute atomic E-state index is 0.0224. The number of hydrogen-bond donors (Lipinski definition) is 1. The Labute approximate surface area is 120 Å². The van der Waals surface area contributed by atoms with Gasteiger partial charge in [-0.05, 0) is 39.0 Å². The summed E-state index contributed by atoms with van der Waals surface area (Å²) in [5.41, 5.74) is 0. The van der Waals surface area contributed by atoms with E-state index in [0.717, 1.165) is 51.6 Å². The number of rotatable bonds is 5. The molecule has 0 aromatic rings. The van der Waals surface area contributed by atoms with Crippen LogP contribution < -0.4 is 0 Å². The maximum absolute atomic E-state index is 12.6. The van der Waals surface area contributed by atoms with Gasteiger partial charge < -0.3 is 10.0 Å². The Balaban J connectivity index is 2.01. The fraction of sp³-hybridized carbons (Fsp3) is 0.867. The number of nitrogens with zero attached hydrogens (tertiary/aromatic N) is 2. The van der Waals surface area contributed by atoms with Crippen LogP contribution in [0.15, 0.2) is 0 Å². The van der Waals surface area contributed by atoms with Gasteiger partial charge in [-0.25, -0.2) is 0 Å². The van der Waals surface area contributed by atoms with Crippen molar-refractivity contribution in [3.8, 4) is 0 Å². The van der Waals surface area contributed by atoms with Crippen molar-refractivity contribution in [3.63, 3.8) is 0 Å². The highest BCUT2D eigenvalue weighted by Gasteiger charge is 2.33. The summed E-state index contributed by atoms with van der Waals surface area (Å²) in [7, 11) is 0. The Hall–Kier alpha value is -1.10. The number of carboxylic acids is 1. The third-order valence-electron chi connectivity index (χ3n) is 4.63. The highest BCUT2D eigenvalue weighted by atomic mass is 16.4. The number of carbonyl (C=O) groups is 2. The molecule has 2 rings (SSSR count). The molecule has 1 saturated heterocycles. The number of piperidine rings is 1. The molecule has 1 saturated carbocycles. The molecule has 1 heterocycles. The second kappa shape index (κ2) is 7.07.